The fraction of sp³-hybridized carbons (Fsp3) is 0.609. The van der Waals surface area contributed by atoms with Crippen molar-refractivity contribution in [2.75, 3.05) is 31.6 Å². The van der Waals surface area contributed by atoms with Crippen molar-refractivity contribution in [2.45, 2.75) is 63.5 Å². The van der Waals surface area contributed by atoms with Crippen LogP contribution in [0.15, 0.2) is 24.3 Å². The number of carbonyl (C=O) groups excluding carboxylic acids is 3. The van der Waals surface area contributed by atoms with Crippen molar-refractivity contribution in [3.05, 3.63) is 29.8 Å². The molecule has 2 heterocycles. The molecule has 8 heteroatoms. The molecule has 1 aromatic rings. The topological polar surface area (TPSA) is 85.0 Å². The maximum absolute atomic E-state index is 12.8. The number of hydrazine groups is 1. The van der Waals surface area contributed by atoms with Crippen molar-refractivity contribution in [1.29, 1.82) is 0 Å². The Morgan fingerprint density at radius 1 is 1.03 bits per heavy atom. The zero-order chi connectivity index (χ0) is 21.8. The van der Waals surface area contributed by atoms with Crippen LogP contribution in [0.3, 0.4) is 0 Å². The molecule has 0 bridgehead atoms. The van der Waals surface area contributed by atoms with E-state index in [2.05, 4.69) is 39.9 Å². The second kappa shape index (κ2) is 9.26. The van der Waals surface area contributed by atoms with Crippen molar-refractivity contribution < 1.29 is 14.4 Å². The number of hydrogen-bond acceptors (Lipinski definition) is 5. The average molecular weight is 428 g/mol. The number of nitrogens with zero attached hydrogens (tertiary/aromatic N) is 3. The number of hydrogen-bond donors (Lipinski definition) is 2. The van der Waals surface area contributed by atoms with Crippen molar-refractivity contribution in [3.8, 4) is 0 Å². The second-order valence-electron chi connectivity index (χ2n) is 9.13. The Labute approximate surface area is 183 Å². The summed E-state index contributed by atoms with van der Waals surface area (Å²) in [4.78, 5) is 41.9. The monoisotopic (exact) mass is 427 g/mol. The molecule has 0 atom stereocenters. The van der Waals surface area contributed by atoms with Gasteiger partial charge in [-0.25, -0.2) is 4.79 Å². The third-order valence-electron chi connectivity index (χ3n) is 6.63. The van der Waals surface area contributed by atoms with Crippen LogP contribution in [0.25, 0.3) is 0 Å². The van der Waals surface area contributed by atoms with E-state index in [1.165, 1.54) is 24.9 Å². The molecule has 2 N–H and O–H groups in total. The molecular formula is C23H33N5O3. The number of anilines is 1. The molecule has 8 nitrogen and oxygen atoms in total. The van der Waals surface area contributed by atoms with Gasteiger partial charge in [0.15, 0.2) is 0 Å². The summed E-state index contributed by atoms with van der Waals surface area (Å²) in [6, 6.07) is 7.96. The SMILES string of the molecule is CN(CC(=O)NN1C(=O)NC2(CCCCC2)C1=O)Cc1ccc(N2CCCCC2)cc1. The van der Waals surface area contributed by atoms with E-state index < -0.39 is 11.6 Å². The van der Waals surface area contributed by atoms with E-state index >= 15 is 0 Å². The van der Waals surface area contributed by atoms with Gasteiger partial charge in [0.1, 0.15) is 5.54 Å². The van der Waals surface area contributed by atoms with Crippen LogP contribution in [0.1, 0.15) is 56.9 Å². The summed E-state index contributed by atoms with van der Waals surface area (Å²) in [5.74, 6) is -0.703. The Bertz CT molecular complexity index is 813. The van der Waals surface area contributed by atoms with Crippen molar-refractivity contribution in [1.82, 2.24) is 20.7 Å². The normalized spacial score (nSPS) is 21.0. The standard InChI is InChI=1S/C23H33N5O3/c1-26(16-18-8-10-19(11-9-18)27-14-6-3-7-15-27)17-20(29)25-28-21(30)23(24-22(28)31)12-4-2-5-13-23/h8-11H,2-7,12-17H2,1H3,(H,24,31)(H,25,29). The Balaban J connectivity index is 1.27. The smallest absolute Gasteiger partial charge is 0.344 e. The molecular weight excluding hydrogens is 394 g/mol. The first-order chi connectivity index (χ1) is 15.0. The molecule has 0 unspecified atom stereocenters. The van der Waals surface area contributed by atoms with Crippen molar-refractivity contribution in [2.24, 2.45) is 0 Å². The van der Waals surface area contributed by atoms with Crippen LogP contribution >= 0.6 is 0 Å². The molecule has 3 fully saturated rings. The van der Waals surface area contributed by atoms with E-state index in [0.29, 0.717) is 19.4 Å². The quantitative estimate of drug-likeness (QED) is 0.681. The second-order valence-corrected chi connectivity index (χ2v) is 9.13. The molecule has 1 saturated carbocycles. The summed E-state index contributed by atoms with van der Waals surface area (Å²) < 4.78 is 0. The molecule has 0 aromatic heterocycles. The zero-order valence-electron chi connectivity index (χ0n) is 18.4. The highest BCUT2D eigenvalue weighted by molar-refractivity contribution is 6.08. The molecule has 4 rings (SSSR count). The number of piperidine rings is 1. The highest BCUT2D eigenvalue weighted by Crippen LogP contribution is 2.33. The molecule has 1 aliphatic carbocycles. The Morgan fingerprint density at radius 2 is 1.68 bits per heavy atom. The number of nitrogens with one attached hydrogen (secondary N) is 2. The molecule has 31 heavy (non-hydrogen) atoms. The lowest BCUT2D eigenvalue weighted by Gasteiger charge is -2.30. The summed E-state index contributed by atoms with van der Waals surface area (Å²) in [5, 5.41) is 3.67. The van der Waals surface area contributed by atoms with Gasteiger partial charge in [-0.3, -0.25) is 19.9 Å². The fourth-order valence-corrected chi connectivity index (χ4v) is 4.95. The fourth-order valence-electron chi connectivity index (χ4n) is 4.95. The lowest BCUT2D eigenvalue weighted by Crippen LogP contribution is -2.52. The molecule has 4 amide bonds. The van der Waals surface area contributed by atoms with Crippen LogP contribution in [0.5, 0.6) is 0 Å². The highest BCUT2D eigenvalue weighted by atomic mass is 16.2. The summed E-state index contributed by atoms with van der Waals surface area (Å²) in [6.07, 6.45) is 7.97. The maximum atomic E-state index is 12.8. The minimum atomic E-state index is -0.829. The zero-order valence-corrected chi connectivity index (χ0v) is 18.4. The number of urea groups is 1. The Hall–Kier alpha value is -2.61. The maximum Gasteiger partial charge on any atom is 0.344 e. The molecule has 3 aliphatic rings. The average Bonchev–Trinajstić information content (AvgIpc) is 2.99. The number of imide groups is 1. The number of benzene rings is 1. The molecule has 1 spiro atoms. The summed E-state index contributed by atoms with van der Waals surface area (Å²) in [7, 11) is 1.85. The summed E-state index contributed by atoms with van der Waals surface area (Å²) >= 11 is 0. The largest absolute Gasteiger partial charge is 0.372 e. The first kappa shape index (κ1) is 21.6. The first-order valence-electron chi connectivity index (χ1n) is 11.5. The predicted octanol–water partition coefficient (Wildman–Crippen LogP) is 2.39. The molecule has 2 aliphatic heterocycles. The highest BCUT2D eigenvalue weighted by Gasteiger charge is 2.52. The van der Waals surface area contributed by atoms with Gasteiger partial charge in [0.05, 0.1) is 6.54 Å². The lowest BCUT2D eigenvalue weighted by molar-refractivity contribution is -0.140. The molecule has 168 valence electrons. The van der Waals surface area contributed by atoms with Crippen LogP contribution in [0.2, 0.25) is 0 Å². The number of carbonyl (C=O) groups is 3. The van der Waals surface area contributed by atoms with E-state index in [4.69, 9.17) is 0 Å². The molecule has 2 saturated heterocycles. The molecule has 1 aromatic carbocycles. The predicted molar refractivity (Wildman–Crippen MR) is 118 cm³/mol. The summed E-state index contributed by atoms with van der Waals surface area (Å²) in [6.45, 7) is 2.93. The minimum Gasteiger partial charge on any atom is -0.372 e. The Morgan fingerprint density at radius 3 is 2.35 bits per heavy atom. The van der Waals surface area contributed by atoms with Crippen LogP contribution in [0.4, 0.5) is 10.5 Å². The van der Waals surface area contributed by atoms with Gasteiger partial charge in [-0.2, -0.15) is 5.01 Å². The van der Waals surface area contributed by atoms with Gasteiger partial charge in [-0.1, -0.05) is 31.4 Å². The number of rotatable bonds is 6. The van der Waals surface area contributed by atoms with Gasteiger partial charge >= 0.3 is 6.03 Å². The Kier molecular flexibility index (Phi) is 6.46. The first-order valence-corrected chi connectivity index (χ1v) is 11.5. The van der Waals surface area contributed by atoms with Crippen molar-refractivity contribution >= 4 is 23.5 Å². The van der Waals surface area contributed by atoms with E-state index in [1.54, 1.807) is 0 Å². The van der Waals surface area contributed by atoms with Gasteiger partial charge < -0.3 is 10.2 Å². The van der Waals surface area contributed by atoms with Crippen LogP contribution in [-0.2, 0) is 16.1 Å². The number of amides is 4. The van der Waals surface area contributed by atoms with Gasteiger partial charge in [-0.15, -0.1) is 0 Å². The van der Waals surface area contributed by atoms with E-state index in [0.717, 1.165) is 42.9 Å². The van der Waals surface area contributed by atoms with E-state index in [1.807, 2.05) is 11.9 Å². The summed E-state index contributed by atoms with van der Waals surface area (Å²) in [5.41, 5.74) is 4.04. The molecule has 0 radical (unpaired) electrons. The van der Waals surface area contributed by atoms with Crippen LogP contribution in [-0.4, -0.2) is 60.0 Å². The van der Waals surface area contributed by atoms with Gasteiger partial charge in [-0.05, 0) is 56.8 Å². The minimum absolute atomic E-state index is 0.0952. The van der Waals surface area contributed by atoms with E-state index in [9.17, 15) is 14.4 Å². The van der Waals surface area contributed by atoms with E-state index in [-0.39, 0.29) is 18.4 Å². The lowest BCUT2D eigenvalue weighted by atomic mass is 9.82. The van der Waals surface area contributed by atoms with Crippen LogP contribution in [0, 0.1) is 0 Å². The van der Waals surface area contributed by atoms with Gasteiger partial charge in [0, 0.05) is 25.3 Å². The number of likely N-dealkylation sites (N-methyl/N-ethyl adjacent to an activating group) is 1. The van der Waals surface area contributed by atoms with Gasteiger partial charge in [0.2, 0.25) is 0 Å². The third kappa shape index (κ3) is 4.84. The third-order valence-corrected chi connectivity index (χ3v) is 6.63. The van der Waals surface area contributed by atoms with Gasteiger partial charge in [0.25, 0.3) is 11.8 Å². The van der Waals surface area contributed by atoms with Crippen molar-refractivity contribution in [3.63, 3.8) is 0 Å². The van der Waals surface area contributed by atoms with Crippen LogP contribution < -0.4 is 15.6 Å².